The highest BCUT2D eigenvalue weighted by Gasteiger charge is 2.39. The first-order valence-electron chi connectivity index (χ1n) is 5.03. The molecule has 13 heavy (non-hydrogen) atoms. The highest BCUT2D eigenvalue weighted by atomic mass is 16.2. The van der Waals surface area contributed by atoms with E-state index in [0.29, 0.717) is 12.3 Å². The lowest BCUT2D eigenvalue weighted by Crippen LogP contribution is -2.58. The van der Waals surface area contributed by atoms with Crippen molar-refractivity contribution in [2.24, 2.45) is 5.41 Å². The zero-order valence-corrected chi connectivity index (χ0v) is 9.48. The van der Waals surface area contributed by atoms with Crippen molar-refractivity contribution in [2.75, 3.05) is 6.54 Å². The van der Waals surface area contributed by atoms with Crippen molar-refractivity contribution in [3.63, 3.8) is 0 Å². The van der Waals surface area contributed by atoms with Crippen LogP contribution in [0.2, 0.25) is 0 Å². The smallest absolute Gasteiger partial charge is 0.223 e. The Hall–Kier alpha value is -0.530. The minimum Gasteiger partial charge on any atom is -0.337 e. The van der Waals surface area contributed by atoms with Crippen molar-refractivity contribution in [3.05, 3.63) is 0 Å². The molecule has 0 spiro atoms. The number of rotatable bonds is 1. The lowest BCUT2D eigenvalue weighted by Gasteiger charge is -2.49. The maximum atomic E-state index is 11.8. The maximum absolute atomic E-state index is 11.8. The molecular formula is C11H21NO. The Labute approximate surface area is 81.3 Å². The molecule has 0 atom stereocenters. The summed E-state index contributed by atoms with van der Waals surface area (Å²) in [4.78, 5) is 13.8. The van der Waals surface area contributed by atoms with Crippen molar-refractivity contribution in [1.29, 1.82) is 0 Å². The number of likely N-dealkylation sites (tertiary alicyclic amines) is 1. The van der Waals surface area contributed by atoms with Gasteiger partial charge >= 0.3 is 0 Å². The van der Waals surface area contributed by atoms with Crippen LogP contribution < -0.4 is 0 Å². The SMILES string of the molecule is CC(C)(C)CC(=O)N1CCC1(C)C. The molecule has 0 unspecified atom stereocenters. The van der Waals surface area contributed by atoms with Gasteiger partial charge in [0, 0.05) is 18.5 Å². The molecule has 2 heteroatoms. The molecule has 1 rings (SSSR count). The number of hydrogen-bond acceptors (Lipinski definition) is 1. The first kappa shape index (κ1) is 10.6. The summed E-state index contributed by atoms with van der Waals surface area (Å²) in [5.41, 5.74) is 0.227. The fourth-order valence-corrected chi connectivity index (χ4v) is 1.68. The minimum absolute atomic E-state index is 0.113. The molecule has 0 aliphatic carbocycles. The Bertz CT molecular complexity index is 213. The van der Waals surface area contributed by atoms with E-state index in [9.17, 15) is 4.79 Å². The molecule has 0 saturated carbocycles. The molecule has 0 aromatic heterocycles. The zero-order chi connectivity index (χ0) is 10.3. The minimum atomic E-state index is 0.113. The quantitative estimate of drug-likeness (QED) is 0.611. The monoisotopic (exact) mass is 183 g/mol. The van der Waals surface area contributed by atoms with E-state index in [-0.39, 0.29) is 11.0 Å². The Morgan fingerprint density at radius 1 is 1.38 bits per heavy atom. The summed E-state index contributed by atoms with van der Waals surface area (Å²) < 4.78 is 0. The molecule has 0 bridgehead atoms. The number of carbonyl (C=O) groups excluding carboxylic acids is 1. The van der Waals surface area contributed by atoms with Crippen molar-refractivity contribution < 1.29 is 4.79 Å². The summed E-state index contributed by atoms with van der Waals surface area (Å²) in [6.07, 6.45) is 1.80. The normalized spacial score (nSPS) is 21.2. The van der Waals surface area contributed by atoms with Gasteiger partial charge in [0.05, 0.1) is 0 Å². The van der Waals surface area contributed by atoms with Crippen LogP contribution in [-0.4, -0.2) is 22.9 Å². The van der Waals surface area contributed by atoms with Crippen LogP contribution in [0, 0.1) is 5.41 Å². The van der Waals surface area contributed by atoms with E-state index in [1.165, 1.54) is 0 Å². The van der Waals surface area contributed by atoms with Gasteiger partial charge in [-0.25, -0.2) is 0 Å². The van der Waals surface area contributed by atoms with Gasteiger partial charge < -0.3 is 4.90 Å². The Morgan fingerprint density at radius 3 is 2.15 bits per heavy atom. The molecular weight excluding hydrogens is 162 g/mol. The van der Waals surface area contributed by atoms with Gasteiger partial charge in [0.1, 0.15) is 0 Å². The zero-order valence-electron chi connectivity index (χ0n) is 9.48. The summed E-state index contributed by atoms with van der Waals surface area (Å²) in [5.74, 6) is 0.309. The largest absolute Gasteiger partial charge is 0.337 e. The topological polar surface area (TPSA) is 20.3 Å². The van der Waals surface area contributed by atoms with Gasteiger partial charge in [-0.05, 0) is 25.7 Å². The number of nitrogens with zero attached hydrogens (tertiary/aromatic N) is 1. The third-order valence-electron chi connectivity index (χ3n) is 2.66. The molecule has 1 aliphatic rings. The number of amides is 1. The van der Waals surface area contributed by atoms with Crippen LogP contribution in [0.5, 0.6) is 0 Å². The van der Waals surface area contributed by atoms with E-state index in [4.69, 9.17) is 0 Å². The summed E-state index contributed by atoms with van der Waals surface area (Å²) in [7, 11) is 0. The number of carbonyl (C=O) groups is 1. The van der Waals surface area contributed by atoms with Gasteiger partial charge in [0.25, 0.3) is 0 Å². The van der Waals surface area contributed by atoms with Gasteiger partial charge in [-0.15, -0.1) is 0 Å². The third-order valence-corrected chi connectivity index (χ3v) is 2.66. The van der Waals surface area contributed by atoms with E-state index in [2.05, 4.69) is 34.6 Å². The maximum Gasteiger partial charge on any atom is 0.223 e. The molecule has 1 aliphatic heterocycles. The molecule has 1 heterocycles. The van der Waals surface area contributed by atoms with Gasteiger partial charge in [0.2, 0.25) is 5.91 Å². The van der Waals surface area contributed by atoms with E-state index in [1.54, 1.807) is 0 Å². The van der Waals surface area contributed by atoms with E-state index in [1.807, 2.05) is 4.90 Å². The summed E-state index contributed by atoms with van der Waals surface area (Å²) in [5, 5.41) is 0. The van der Waals surface area contributed by atoms with Crippen LogP contribution >= 0.6 is 0 Å². The number of hydrogen-bond donors (Lipinski definition) is 0. The standard InChI is InChI=1S/C11H21NO/c1-10(2,3)8-9(13)12-7-6-11(12,4)5/h6-8H2,1-5H3. The molecule has 0 N–H and O–H groups in total. The van der Waals surface area contributed by atoms with Gasteiger partial charge in [-0.2, -0.15) is 0 Å². The first-order chi connectivity index (χ1) is 5.72. The average Bonchev–Trinajstić information content (AvgIpc) is 1.80. The van der Waals surface area contributed by atoms with Crippen LogP contribution in [0.3, 0.4) is 0 Å². The molecule has 0 aromatic carbocycles. The third kappa shape index (κ3) is 2.45. The van der Waals surface area contributed by atoms with Crippen molar-refractivity contribution in [3.8, 4) is 0 Å². The van der Waals surface area contributed by atoms with Crippen LogP contribution in [0.25, 0.3) is 0 Å². The Balaban J connectivity index is 2.50. The van der Waals surface area contributed by atoms with Crippen LogP contribution in [-0.2, 0) is 4.79 Å². The average molecular weight is 183 g/mol. The van der Waals surface area contributed by atoms with Crippen molar-refractivity contribution >= 4 is 5.91 Å². The highest BCUT2D eigenvalue weighted by Crippen LogP contribution is 2.32. The molecule has 0 radical (unpaired) electrons. The fraction of sp³-hybridized carbons (Fsp3) is 0.909. The summed E-state index contributed by atoms with van der Waals surface area (Å²) >= 11 is 0. The second-order valence-electron chi connectivity index (χ2n) is 5.85. The van der Waals surface area contributed by atoms with Crippen LogP contribution in [0.15, 0.2) is 0 Å². The Kier molecular flexibility index (Phi) is 2.44. The Morgan fingerprint density at radius 2 is 1.92 bits per heavy atom. The van der Waals surface area contributed by atoms with Gasteiger partial charge in [-0.1, -0.05) is 20.8 Å². The first-order valence-corrected chi connectivity index (χ1v) is 5.03. The predicted molar refractivity (Wildman–Crippen MR) is 54.5 cm³/mol. The molecule has 1 saturated heterocycles. The molecule has 2 nitrogen and oxygen atoms in total. The van der Waals surface area contributed by atoms with Crippen molar-refractivity contribution in [1.82, 2.24) is 4.90 Å². The molecule has 1 amide bonds. The summed E-state index contributed by atoms with van der Waals surface area (Å²) in [6, 6.07) is 0. The molecule has 0 aromatic rings. The van der Waals surface area contributed by atoms with E-state index in [0.717, 1.165) is 13.0 Å². The predicted octanol–water partition coefficient (Wildman–Crippen LogP) is 2.43. The van der Waals surface area contributed by atoms with Crippen molar-refractivity contribution in [2.45, 2.75) is 53.0 Å². The van der Waals surface area contributed by atoms with Crippen LogP contribution in [0.1, 0.15) is 47.5 Å². The molecule has 76 valence electrons. The van der Waals surface area contributed by atoms with E-state index >= 15 is 0 Å². The highest BCUT2D eigenvalue weighted by molar-refractivity contribution is 5.78. The summed E-state index contributed by atoms with van der Waals surface area (Å²) in [6.45, 7) is 11.5. The lowest BCUT2D eigenvalue weighted by atomic mass is 9.85. The second kappa shape index (κ2) is 3.00. The second-order valence-corrected chi connectivity index (χ2v) is 5.85. The van der Waals surface area contributed by atoms with Crippen LogP contribution in [0.4, 0.5) is 0 Å². The fourth-order valence-electron chi connectivity index (χ4n) is 1.68. The van der Waals surface area contributed by atoms with E-state index < -0.39 is 0 Å². The molecule has 1 fully saturated rings. The van der Waals surface area contributed by atoms with Gasteiger partial charge in [-0.3, -0.25) is 4.79 Å². The lowest BCUT2D eigenvalue weighted by molar-refractivity contribution is -0.146. The van der Waals surface area contributed by atoms with Gasteiger partial charge in [0.15, 0.2) is 0 Å².